The largest absolute Gasteiger partial charge is 0.466 e. The molecule has 0 atom stereocenters. The Morgan fingerprint density at radius 1 is 1.13 bits per heavy atom. The van der Waals surface area contributed by atoms with Gasteiger partial charge in [-0.1, -0.05) is 46.1 Å². The molecule has 0 aromatic heterocycles. The van der Waals surface area contributed by atoms with Crippen LogP contribution in [0.2, 0.25) is 0 Å². The van der Waals surface area contributed by atoms with Crippen LogP contribution < -0.4 is 10.6 Å². The van der Waals surface area contributed by atoms with E-state index in [1.807, 2.05) is 18.2 Å². The molecule has 2 amide bonds. The lowest BCUT2D eigenvalue weighted by Gasteiger charge is -2.18. The Hall–Kier alpha value is -1.99. The van der Waals surface area contributed by atoms with E-state index in [9.17, 15) is 9.59 Å². The van der Waals surface area contributed by atoms with E-state index in [1.165, 1.54) is 26.0 Å². The van der Waals surface area contributed by atoms with Gasteiger partial charge >= 0.3 is 12.0 Å². The number of hydrogen-bond donors (Lipinski definition) is 2. The highest BCUT2D eigenvalue weighted by Gasteiger charge is 2.09. The molecule has 168 valence electrons. The molecule has 1 rings (SSSR count). The molecule has 0 aliphatic rings. The zero-order chi connectivity index (χ0) is 22.2. The van der Waals surface area contributed by atoms with Gasteiger partial charge in [0.15, 0.2) is 0 Å². The summed E-state index contributed by atoms with van der Waals surface area (Å²) in [4.78, 5) is 27.1. The van der Waals surface area contributed by atoms with Crippen LogP contribution in [0, 0.1) is 0 Å². The van der Waals surface area contributed by atoms with Crippen molar-refractivity contribution in [1.82, 2.24) is 10.2 Å². The third-order valence-corrected chi connectivity index (χ3v) is 5.79. The van der Waals surface area contributed by atoms with Gasteiger partial charge in [-0.15, -0.1) is 11.8 Å². The lowest BCUT2D eigenvalue weighted by Crippen LogP contribution is -2.29. The van der Waals surface area contributed by atoms with Crippen LogP contribution in [-0.2, 0) is 9.53 Å². The highest BCUT2D eigenvalue weighted by molar-refractivity contribution is 7.99. The van der Waals surface area contributed by atoms with Gasteiger partial charge < -0.3 is 20.3 Å². The fraction of sp³-hybridized carbons (Fsp3) is 0.565. The van der Waals surface area contributed by atoms with Gasteiger partial charge in [-0.25, -0.2) is 9.59 Å². The predicted octanol–water partition coefficient (Wildman–Crippen LogP) is 5.01. The minimum absolute atomic E-state index is 0.203. The number of rotatable bonds is 14. The van der Waals surface area contributed by atoms with Gasteiger partial charge in [-0.2, -0.15) is 0 Å². The molecule has 1 aromatic rings. The monoisotopic (exact) mass is 435 g/mol. The van der Waals surface area contributed by atoms with Crippen LogP contribution in [0.4, 0.5) is 10.5 Å². The molecule has 0 unspecified atom stereocenters. The van der Waals surface area contributed by atoms with E-state index in [0.717, 1.165) is 54.4 Å². The number of carbonyl (C=O) groups excluding carboxylic acids is 2. The number of unbranched alkanes of at least 4 members (excludes halogenated alkanes) is 3. The van der Waals surface area contributed by atoms with Gasteiger partial charge in [0, 0.05) is 29.8 Å². The zero-order valence-electron chi connectivity index (χ0n) is 18.8. The molecule has 0 aliphatic carbocycles. The van der Waals surface area contributed by atoms with Crippen molar-refractivity contribution in [2.45, 2.75) is 51.3 Å². The maximum Gasteiger partial charge on any atom is 0.330 e. The molecule has 30 heavy (non-hydrogen) atoms. The quantitative estimate of drug-likeness (QED) is 0.186. The summed E-state index contributed by atoms with van der Waals surface area (Å²) in [5, 5.41) is 5.90. The summed E-state index contributed by atoms with van der Waals surface area (Å²) in [6, 6.07) is 5.61. The molecule has 0 saturated heterocycles. The van der Waals surface area contributed by atoms with Crippen molar-refractivity contribution in [2.75, 3.05) is 44.4 Å². The number of esters is 1. The second kappa shape index (κ2) is 15.8. The maximum absolute atomic E-state index is 12.4. The Kier molecular flexibility index (Phi) is 13.7. The van der Waals surface area contributed by atoms with E-state index in [4.69, 9.17) is 0 Å². The molecule has 0 radical (unpaired) electrons. The second-order valence-electron chi connectivity index (χ2n) is 6.93. The topological polar surface area (TPSA) is 70.7 Å². The van der Waals surface area contributed by atoms with Crippen molar-refractivity contribution < 1.29 is 14.3 Å². The van der Waals surface area contributed by atoms with E-state index in [2.05, 4.69) is 41.0 Å². The van der Waals surface area contributed by atoms with Gasteiger partial charge in [0.05, 0.1) is 12.8 Å². The summed E-state index contributed by atoms with van der Waals surface area (Å²) in [7, 11) is 1.35. The molecule has 0 bridgehead atoms. The number of nitrogens with zero attached hydrogens (tertiary/aromatic N) is 1. The second-order valence-corrected chi connectivity index (χ2v) is 8.07. The highest BCUT2D eigenvalue weighted by atomic mass is 32.2. The van der Waals surface area contributed by atoms with Crippen molar-refractivity contribution >= 4 is 35.5 Å². The number of urea groups is 1. The van der Waals surface area contributed by atoms with E-state index in [1.54, 1.807) is 17.8 Å². The SMILES string of the molecule is CCCCCCNC(=O)Nc1cc(/C=C/C(=O)OC)ccc1SCCN(CC)CC. The molecular formula is C23H37N3O3S. The molecule has 0 saturated carbocycles. The number of anilines is 1. The fourth-order valence-electron chi connectivity index (χ4n) is 2.85. The molecule has 0 fully saturated rings. The standard InChI is InChI=1S/C23H37N3O3S/c1-5-8-9-10-15-24-23(28)25-20-18-19(12-14-22(27)29-4)11-13-21(20)30-17-16-26(6-2)7-3/h11-14,18H,5-10,15-17H2,1-4H3,(H2,24,25,28)/b14-12+. The first-order valence-electron chi connectivity index (χ1n) is 10.8. The number of methoxy groups -OCH3 is 1. The lowest BCUT2D eigenvalue weighted by molar-refractivity contribution is -0.134. The van der Waals surface area contributed by atoms with Crippen LogP contribution in [0.5, 0.6) is 0 Å². The number of benzene rings is 1. The highest BCUT2D eigenvalue weighted by Crippen LogP contribution is 2.29. The average molecular weight is 436 g/mol. The minimum Gasteiger partial charge on any atom is -0.466 e. The van der Waals surface area contributed by atoms with E-state index < -0.39 is 5.97 Å². The fourth-order valence-corrected chi connectivity index (χ4v) is 3.85. The van der Waals surface area contributed by atoms with Crippen molar-refractivity contribution in [2.24, 2.45) is 0 Å². The predicted molar refractivity (Wildman–Crippen MR) is 127 cm³/mol. The smallest absolute Gasteiger partial charge is 0.330 e. The summed E-state index contributed by atoms with van der Waals surface area (Å²) in [5.41, 5.74) is 1.57. The van der Waals surface area contributed by atoms with Gasteiger partial charge in [0.25, 0.3) is 0 Å². The van der Waals surface area contributed by atoms with E-state index in [-0.39, 0.29) is 6.03 Å². The number of nitrogens with one attached hydrogen (secondary N) is 2. The van der Waals surface area contributed by atoms with Crippen LogP contribution in [0.25, 0.3) is 6.08 Å². The third kappa shape index (κ3) is 10.7. The zero-order valence-corrected chi connectivity index (χ0v) is 19.6. The van der Waals surface area contributed by atoms with Gasteiger partial charge in [0.2, 0.25) is 0 Å². The first-order chi connectivity index (χ1) is 14.5. The summed E-state index contributed by atoms with van der Waals surface area (Å²) >= 11 is 1.72. The average Bonchev–Trinajstić information content (AvgIpc) is 2.76. The maximum atomic E-state index is 12.4. The number of thioether (sulfide) groups is 1. The first-order valence-corrected chi connectivity index (χ1v) is 11.8. The normalized spacial score (nSPS) is 11.1. The molecular weight excluding hydrogens is 398 g/mol. The van der Waals surface area contributed by atoms with Crippen molar-refractivity contribution in [3.63, 3.8) is 0 Å². The van der Waals surface area contributed by atoms with Crippen molar-refractivity contribution in [3.8, 4) is 0 Å². The lowest BCUT2D eigenvalue weighted by atomic mass is 10.2. The summed E-state index contributed by atoms with van der Waals surface area (Å²) in [5.74, 6) is 0.527. The molecule has 0 spiro atoms. The summed E-state index contributed by atoms with van der Waals surface area (Å²) in [6.45, 7) is 10.2. The molecule has 2 N–H and O–H groups in total. The van der Waals surface area contributed by atoms with Crippen molar-refractivity contribution in [1.29, 1.82) is 0 Å². The molecule has 6 nitrogen and oxygen atoms in total. The number of ether oxygens (including phenoxy) is 1. The van der Waals surface area contributed by atoms with Crippen LogP contribution in [-0.4, -0.2) is 55.9 Å². The van der Waals surface area contributed by atoms with Gasteiger partial charge in [-0.05, 0) is 43.3 Å². The Morgan fingerprint density at radius 3 is 2.57 bits per heavy atom. The Labute approximate surface area is 185 Å². The summed E-state index contributed by atoms with van der Waals surface area (Å²) in [6.07, 6.45) is 7.52. The number of carbonyl (C=O) groups is 2. The molecule has 0 aliphatic heterocycles. The van der Waals surface area contributed by atoms with Crippen molar-refractivity contribution in [3.05, 3.63) is 29.8 Å². The Bertz CT molecular complexity index is 676. The van der Waals surface area contributed by atoms with Crippen LogP contribution in [0.1, 0.15) is 52.0 Å². The van der Waals surface area contributed by atoms with Gasteiger partial charge in [-0.3, -0.25) is 0 Å². The Balaban J connectivity index is 2.80. The third-order valence-electron chi connectivity index (χ3n) is 4.74. The van der Waals surface area contributed by atoms with Crippen LogP contribution >= 0.6 is 11.8 Å². The first kappa shape index (κ1) is 26.0. The molecule has 7 heteroatoms. The van der Waals surface area contributed by atoms with E-state index >= 15 is 0 Å². The molecule has 1 aromatic carbocycles. The van der Waals surface area contributed by atoms with Crippen LogP contribution in [0.15, 0.2) is 29.2 Å². The van der Waals surface area contributed by atoms with Gasteiger partial charge in [0.1, 0.15) is 0 Å². The van der Waals surface area contributed by atoms with E-state index in [0.29, 0.717) is 6.54 Å². The summed E-state index contributed by atoms with van der Waals surface area (Å²) < 4.78 is 4.65. The van der Waals surface area contributed by atoms with Crippen LogP contribution in [0.3, 0.4) is 0 Å². The minimum atomic E-state index is -0.410. The number of hydrogen-bond acceptors (Lipinski definition) is 5. The number of amides is 2. The molecule has 0 heterocycles. The Morgan fingerprint density at radius 2 is 1.90 bits per heavy atom.